The number of nitrogens with one attached hydrogen (secondary N) is 1. The van der Waals surface area contributed by atoms with Crippen molar-refractivity contribution in [1.82, 2.24) is 19.7 Å². The quantitative estimate of drug-likeness (QED) is 0.710. The monoisotopic (exact) mass is 377 g/mol. The van der Waals surface area contributed by atoms with Gasteiger partial charge in [-0.1, -0.05) is 23.7 Å². The zero-order valence-corrected chi connectivity index (χ0v) is 13.4. The molecule has 0 fully saturated rings. The molecular weight excluding hydrogens is 370 g/mol. The number of anilines is 1. The lowest BCUT2D eigenvalue weighted by atomic mass is 10.2. The normalized spacial score (nSPS) is 10.5. The molecule has 1 N–H and O–H groups in total. The molecule has 6 nitrogen and oxygen atoms in total. The highest BCUT2D eigenvalue weighted by molar-refractivity contribution is 9.10. The van der Waals surface area contributed by atoms with E-state index in [-0.39, 0.29) is 16.6 Å². The number of hydrogen-bond donors (Lipinski definition) is 1. The fourth-order valence-electron chi connectivity index (χ4n) is 1.88. The van der Waals surface area contributed by atoms with E-state index < -0.39 is 0 Å². The average Bonchev–Trinajstić information content (AvgIpc) is 3.04. The van der Waals surface area contributed by atoms with E-state index in [1.54, 1.807) is 23.1 Å². The molecule has 1 amide bonds. The summed E-state index contributed by atoms with van der Waals surface area (Å²) in [7, 11) is 0. The Balaban J connectivity index is 1.94. The molecule has 0 saturated heterocycles. The second-order valence-electron chi connectivity index (χ2n) is 4.30. The molecule has 8 heteroatoms. The van der Waals surface area contributed by atoms with E-state index in [0.717, 1.165) is 0 Å². The zero-order valence-electron chi connectivity index (χ0n) is 11.1. The average molecular weight is 379 g/mol. The van der Waals surface area contributed by atoms with E-state index in [4.69, 9.17) is 11.6 Å². The minimum atomic E-state index is -0.355. The third-order valence-corrected chi connectivity index (χ3v) is 3.60. The molecule has 2 aromatic heterocycles. The predicted octanol–water partition coefficient (Wildman–Crippen LogP) is 3.33. The Kier molecular flexibility index (Phi) is 4.17. The van der Waals surface area contributed by atoms with Crippen molar-refractivity contribution in [1.29, 1.82) is 0 Å². The second-order valence-corrected chi connectivity index (χ2v) is 5.58. The van der Waals surface area contributed by atoms with Gasteiger partial charge in [-0.25, -0.2) is 14.6 Å². The van der Waals surface area contributed by atoms with Gasteiger partial charge in [-0.05, 0) is 34.1 Å². The van der Waals surface area contributed by atoms with Gasteiger partial charge >= 0.3 is 0 Å². The Labute approximate surface area is 139 Å². The van der Waals surface area contributed by atoms with Gasteiger partial charge < -0.3 is 5.32 Å². The minimum absolute atomic E-state index is 0.138. The van der Waals surface area contributed by atoms with Gasteiger partial charge in [0.25, 0.3) is 5.91 Å². The van der Waals surface area contributed by atoms with Gasteiger partial charge in [0.2, 0.25) is 0 Å². The maximum absolute atomic E-state index is 12.4. The van der Waals surface area contributed by atoms with Crippen LogP contribution in [0.2, 0.25) is 5.15 Å². The van der Waals surface area contributed by atoms with Crippen LogP contribution in [0.25, 0.3) is 5.69 Å². The smallest absolute Gasteiger partial charge is 0.258 e. The summed E-state index contributed by atoms with van der Waals surface area (Å²) in [6, 6.07) is 8.87. The largest absolute Gasteiger partial charge is 0.320 e. The highest BCUT2D eigenvalue weighted by atomic mass is 79.9. The summed E-state index contributed by atoms with van der Waals surface area (Å²) < 4.78 is 2.24. The number of rotatable bonds is 3. The molecule has 0 spiro atoms. The van der Waals surface area contributed by atoms with Gasteiger partial charge in [0.15, 0.2) is 0 Å². The molecule has 0 atom stereocenters. The third-order valence-electron chi connectivity index (χ3n) is 2.87. The molecule has 3 aromatic rings. The molecular formula is C14H9BrClN5O. The third kappa shape index (κ3) is 3.00. The first kappa shape index (κ1) is 14.7. The second kappa shape index (κ2) is 6.25. The van der Waals surface area contributed by atoms with Crippen LogP contribution in [0.1, 0.15) is 10.4 Å². The van der Waals surface area contributed by atoms with Gasteiger partial charge in [-0.15, -0.1) is 0 Å². The highest BCUT2D eigenvalue weighted by Crippen LogP contribution is 2.22. The van der Waals surface area contributed by atoms with Gasteiger partial charge in [0.05, 0.1) is 16.9 Å². The number of aromatic nitrogens is 4. The van der Waals surface area contributed by atoms with Crippen LogP contribution in [0, 0.1) is 0 Å². The number of carbonyl (C=O) groups excluding carboxylic acids is 1. The van der Waals surface area contributed by atoms with Crippen LogP contribution in [0.4, 0.5) is 5.69 Å². The first-order valence-electron chi connectivity index (χ1n) is 6.21. The van der Waals surface area contributed by atoms with E-state index in [9.17, 15) is 4.79 Å². The fraction of sp³-hybridized carbons (Fsp3) is 0. The van der Waals surface area contributed by atoms with Crippen molar-refractivity contribution in [3.63, 3.8) is 0 Å². The molecule has 0 unspecified atom stereocenters. The fourth-order valence-corrected chi connectivity index (χ4v) is 2.40. The number of hydrogen-bond acceptors (Lipinski definition) is 4. The minimum Gasteiger partial charge on any atom is -0.320 e. The van der Waals surface area contributed by atoms with Crippen LogP contribution >= 0.6 is 27.5 Å². The number of pyridine rings is 1. The first-order chi connectivity index (χ1) is 10.6. The predicted molar refractivity (Wildman–Crippen MR) is 86.3 cm³/mol. The SMILES string of the molecule is O=C(Nc1ccccc1-n1cncn1)c1cc(Br)cnc1Cl. The standard InChI is InChI=1S/C14H9BrClN5O/c15-9-5-10(13(16)18-6-9)14(22)20-11-3-1-2-4-12(11)21-8-17-7-19-21/h1-8H,(H,20,22). The van der Waals surface area contributed by atoms with Crippen molar-refractivity contribution in [3.8, 4) is 5.69 Å². The molecule has 0 bridgehead atoms. The lowest BCUT2D eigenvalue weighted by Crippen LogP contribution is -2.15. The van der Waals surface area contributed by atoms with Crippen molar-refractivity contribution < 1.29 is 4.79 Å². The molecule has 0 aliphatic rings. The molecule has 0 radical (unpaired) electrons. The molecule has 2 heterocycles. The molecule has 1 aromatic carbocycles. The summed E-state index contributed by atoms with van der Waals surface area (Å²) in [6.07, 6.45) is 4.51. The van der Waals surface area contributed by atoms with E-state index >= 15 is 0 Å². The van der Waals surface area contributed by atoms with E-state index in [2.05, 4.69) is 36.3 Å². The van der Waals surface area contributed by atoms with Gasteiger partial charge in [-0.3, -0.25) is 4.79 Å². The van der Waals surface area contributed by atoms with Crippen molar-refractivity contribution in [3.05, 3.63) is 64.4 Å². The van der Waals surface area contributed by atoms with E-state index in [1.807, 2.05) is 18.2 Å². The summed E-state index contributed by atoms with van der Waals surface area (Å²) in [4.78, 5) is 20.3. The van der Waals surface area contributed by atoms with Gasteiger partial charge in [-0.2, -0.15) is 5.10 Å². The molecule has 22 heavy (non-hydrogen) atoms. The summed E-state index contributed by atoms with van der Waals surface area (Å²) in [6.45, 7) is 0. The number of nitrogens with zero attached hydrogens (tertiary/aromatic N) is 4. The maximum Gasteiger partial charge on any atom is 0.258 e. The molecule has 0 aliphatic carbocycles. The Morgan fingerprint density at radius 1 is 1.32 bits per heavy atom. The van der Waals surface area contributed by atoms with Crippen molar-refractivity contribution in [2.75, 3.05) is 5.32 Å². The summed E-state index contributed by atoms with van der Waals surface area (Å²) in [5, 5.41) is 7.02. The topological polar surface area (TPSA) is 72.7 Å². The number of halogens is 2. The Morgan fingerprint density at radius 3 is 2.91 bits per heavy atom. The van der Waals surface area contributed by atoms with Gasteiger partial charge in [0, 0.05) is 10.7 Å². The van der Waals surface area contributed by atoms with E-state index in [1.165, 1.54) is 12.5 Å². The van der Waals surface area contributed by atoms with Gasteiger partial charge in [0.1, 0.15) is 17.8 Å². The van der Waals surface area contributed by atoms with Crippen molar-refractivity contribution >= 4 is 39.1 Å². The van der Waals surface area contributed by atoms with Crippen molar-refractivity contribution in [2.45, 2.75) is 0 Å². The van der Waals surface area contributed by atoms with Crippen LogP contribution in [-0.2, 0) is 0 Å². The van der Waals surface area contributed by atoms with Crippen LogP contribution in [-0.4, -0.2) is 25.7 Å². The summed E-state index contributed by atoms with van der Waals surface area (Å²) in [5.74, 6) is -0.355. The van der Waals surface area contributed by atoms with Crippen LogP contribution < -0.4 is 5.32 Å². The Morgan fingerprint density at radius 2 is 2.14 bits per heavy atom. The summed E-state index contributed by atoms with van der Waals surface area (Å²) >= 11 is 9.25. The molecule has 0 aliphatic heterocycles. The number of amides is 1. The molecule has 110 valence electrons. The maximum atomic E-state index is 12.4. The summed E-state index contributed by atoms with van der Waals surface area (Å²) in [5.41, 5.74) is 1.57. The van der Waals surface area contributed by atoms with Crippen LogP contribution in [0.5, 0.6) is 0 Å². The molecule has 3 rings (SSSR count). The number of carbonyl (C=O) groups is 1. The number of benzene rings is 1. The zero-order chi connectivity index (χ0) is 15.5. The number of para-hydroxylation sites is 2. The Bertz CT molecular complexity index is 822. The highest BCUT2D eigenvalue weighted by Gasteiger charge is 2.14. The van der Waals surface area contributed by atoms with Crippen molar-refractivity contribution in [2.24, 2.45) is 0 Å². The van der Waals surface area contributed by atoms with E-state index in [0.29, 0.717) is 15.8 Å². The molecule has 0 saturated carbocycles. The lowest BCUT2D eigenvalue weighted by molar-refractivity contribution is 0.102. The van der Waals surface area contributed by atoms with Crippen LogP contribution in [0.3, 0.4) is 0 Å². The first-order valence-corrected chi connectivity index (χ1v) is 7.38. The van der Waals surface area contributed by atoms with Crippen LogP contribution in [0.15, 0.2) is 53.7 Å². The Hall–Kier alpha value is -2.25. The lowest BCUT2D eigenvalue weighted by Gasteiger charge is -2.11.